The Morgan fingerprint density at radius 2 is 2.25 bits per heavy atom. The van der Waals surface area contributed by atoms with E-state index in [0.717, 1.165) is 0 Å². The van der Waals surface area contributed by atoms with E-state index < -0.39 is 0 Å². The van der Waals surface area contributed by atoms with Gasteiger partial charge in [0.1, 0.15) is 0 Å². The molecule has 0 N–H and O–H groups in total. The molecule has 1 radical (unpaired) electrons. The molecule has 0 spiro atoms. The topological polar surface area (TPSA) is 17.1 Å². The highest BCUT2D eigenvalue weighted by Gasteiger charge is 1.55. The SMILES string of the molecule is [CH2]CP=O. The predicted molar refractivity (Wildman–Crippen MR) is 17.8 cm³/mol. The van der Waals surface area contributed by atoms with Crippen LogP contribution in [0.2, 0.25) is 0 Å². The van der Waals surface area contributed by atoms with Gasteiger partial charge in [-0.3, -0.25) is 4.57 Å². The fourth-order valence-corrected chi connectivity index (χ4v) is 0. The molecular formula is C2H4OP. The minimum absolute atomic E-state index is 0.137. The molecule has 0 saturated heterocycles. The van der Waals surface area contributed by atoms with Crippen LogP contribution in [0.4, 0.5) is 0 Å². The van der Waals surface area contributed by atoms with Gasteiger partial charge in [0.2, 0.25) is 0 Å². The van der Waals surface area contributed by atoms with E-state index >= 15 is 0 Å². The smallest absolute Gasteiger partial charge is 0.155 e. The molecule has 0 aliphatic carbocycles. The molecule has 0 unspecified atom stereocenters. The number of hydrogen-bond acceptors (Lipinski definition) is 1. The molecule has 0 aliphatic rings. The zero-order valence-corrected chi connectivity index (χ0v) is 3.16. The van der Waals surface area contributed by atoms with Crippen LogP contribution >= 0.6 is 8.46 Å². The Hall–Kier alpha value is 0.100. The van der Waals surface area contributed by atoms with Crippen molar-refractivity contribution in [2.45, 2.75) is 0 Å². The molecule has 0 saturated carbocycles. The first-order chi connectivity index (χ1) is 1.91. The summed E-state index contributed by atoms with van der Waals surface area (Å²) in [6.45, 7) is 3.28. The van der Waals surface area contributed by atoms with Gasteiger partial charge in [-0.05, 0) is 6.92 Å². The standard InChI is InChI=1S/C2H4OP/c1-2-4-3/h1-2H2. The molecule has 0 rings (SSSR count). The summed E-state index contributed by atoms with van der Waals surface area (Å²) < 4.78 is 9.21. The van der Waals surface area contributed by atoms with Crippen LogP contribution in [0.25, 0.3) is 0 Å². The van der Waals surface area contributed by atoms with Crippen LogP contribution in [-0.2, 0) is 4.57 Å². The third kappa shape index (κ3) is 2.10. The van der Waals surface area contributed by atoms with E-state index in [4.69, 9.17) is 0 Å². The van der Waals surface area contributed by atoms with Crippen molar-refractivity contribution >= 4 is 8.46 Å². The van der Waals surface area contributed by atoms with E-state index in [1.54, 1.807) is 0 Å². The lowest BCUT2D eigenvalue weighted by Crippen LogP contribution is -1.41. The lowest BCUT2D eigenvalue weighted by molar-refractivity contribution is 0.600. The molecule has 23 valence electrons. The molecule has 0 heterocycles. The van der Waals surface area contributed by atoms with Gasteiger partial charge in [-0.25, -0.2) is 0 Å². The second kappa shape index (κ2) is 3.10. The second-order valence-corrected chi connectivity index (χ2v) is 1.06. The van der Waals surface area contributed by atoms with Gasteiger partial charge < -0.3 is 0 Å². The normalized spacial score (nSPS) is 8.25. The van der Waals surface area contributed by atoms with Gasteiger partial charge in [-0.1, -0.05) is 0 Å². The number of rotatable bonds is 1. The average molecular weight is 75.0 g/mol. The third-order valence-corrected chi connectivity index (χ3v) is 0.274. The van der Waals surface area contributed by atoms with Crippen molar-refractivity contribution < 1.29 is 4.57 Å². The van der Waals surface area contributed by atoms with Gasteiger partial charge >= 0.3 is 0 Å². The monoisotopic (exact) mass is 75.0 g/mol. The molecule has 0 atom stereocenters. The van der Waals surface area contributed by atoms with Crippen LogP contribution in [0, 0.1) is 6.92 Å². The van der Waals surface area contributed by atoms with E-state index in [1.807, 2.05) is 0 Å². The Balaban J connectivity index is 2.30. The summed E-state index contributed by atoms with van der Waals surface area (Å²) in [5.41, 5.74) is 0. The first kappa shape index (κ1) is 4.10. The fraction of sp³-hybridized carbons (Fsp3) is 0.500. The Bertz CT molecular complexity index is 20.0. The van der Waals surface area contributed by atoms with Gasteiger partial charge in [-0.15, -0.1) is 0 Å². The summed E-state index contributed by atoms with van der Waals surface area (Å²) in [7, 11) is 0.137. The van der Waals surface area contributed by atoms with Crippen molar-refractivity contribution in [3.63, 3.8) is 0 Å². The zero-order chi connectivity index (χ0) is 3.41. The maximum atomic E-state index is 9.21. The summed E-state index contributed by atoms with van der Waals surface area (Å²) in [6.07, 6.45) is 0.486. The zero-order valence-electron chi connectivity index (χ0n) is 2.27. The molecule has 0 aromatic rings. The first-order valence-electron chi connectivity index (χ1n) is 0.999. The van der Waals surface area contributed by atoms with E-state index in [-0.39, 0.29) is 8.46 Å². The summed E-state index contributed by atoms with van der Waals surface area (Å²) in [4.78, 5) is 0. The molecular weight excluding hydrogens is 71.0 g/mol. The van der Waals surface area contributed by atoms with Crippen LogP contribution in [0.1, 0.15) is 0 Å². The fourth-order valence-electron chi connectivity index (χ4n) is 0. The Morgan fingerprint density at radius 3 is 2.25 bits per heavy atom. The van der Waals surface area contributed by atoms with E-state index in [9.17, 15) is 4.57 Å². The Labute approximate surface area is 27.2 Å². The summed E-state index contributed by atoms with van der Waals surface area (Å²) in [5, 5.41) is 0. The summed E-state index contributed by atoms with van der Waals surface area (Å²) in [5.74, 6) is 0. The molecule has 0 fully saturated rings. The van der Waals surface area contributed by atoms with Crippen molar-refractivity contribution in [1.29, 1.82) is 0 Å². The molecule has 0 aromatic carbocycles. The van der Waals surface area contributed by atoms with Crippen LogP contribution in [0.5, 0.6) is 0 Å². The van der Waals surface area contributed by atoms with Crippen molar-refractivity contribution in [1.82, 2.24) is 0 Å². The maximum absolute atomic E-state index is 9.21. The second-order valence-electron chi connectivity index (χ2n) is 0.353. The lowest BCUT2D eigenvalue weighted by atomic mass is 11.0. The molecule has 0 bridgehead atoms. The molecule has 0 amide bonds. The van der Waals surface area contributed by atoms with Crippen LogP contribution in [0.3, 0.4) is 0 Å². The predicted octanol–water partition coefficient (Wildman–Crippen LogP) is 1.11. The maximum Gasteiger partial charge on any atom is 0.155 e. The highest BCUT2D eigenvalue weighted by Crippen LogP contribution is 1.81. The summed E-state index contributed by atoms with van der Waals surface area (Å²) >= 11 is 0. The highest BCUT2D eigenvalue weighted by atomic mass is 31.1. The quantitative estimate of drug-likeness (QED) is 0.426. The van der Waals surface area contributed by atoms with E-state index in [2.05, 4.69) is 6.92 Å². The van der Waals surface area contributed by atoms with Gasteiger partial charge in [-0.2, -0.15) is 0 Å². The van der Waals surface area contributed by atoms with Crippen LogP contribution < -0.4 is 0 Å². The molecule has 0 aromatic heterocycles. The van der Waals surface area contributed by atoms with Crippen LogP contribution in [0.15, 0.2) is 0 Å². The molecule has 4 heavy (non-hydrogen) atoms. The Kier molecular flexibility index (Phi) is 3.18. The van der Waals surface area contributed by atoms with Crippen LogP contribution in [-0.4, -0.2) is 6.16 Å². The average Bonchev–Trinajstić information content (AvgIpc) is 1.37. The molecule has 1 nitrogen and oxygen atoms in total. The third-order valence-electron chi connectivity index (χ3n) is 0.0913. The number of hydrogen-bond donors (Lipinski definition) is 0. The largest absolute Gasteiger partial charge is 0.275 e. The molecule has 2 heteroatoms. The first-order valence-corrected chi connectivity index (χ1v) is 2.00. The van der Waals surface area contributed by atoms with Gasteiger partial charge in [0.25, 0.3) is 0 Å². The molecule has 0 aliphatic heterocycles. The Morgan fingerprint density at radius 1 is 2.00 bits per heavy atom. The lowest BCUT2D eigenvalue weighted by Gasteiger charge is -1.48. The van der Waals surface area contributed by atoms with Crippen molar-refractivity contribution in [2.24, 2.45) is 0 Å². The van der Waals surface area contributed by atoms with Gasteiger partial charge in [0, 0.05) is 6.16 Å². The van der Waals surface area contributed by atoms with E-state index in [0.29, 0.717) is 6.16 Å². The van der Waals surface area contributed by atoms with Gasteiger partial charge in [0.05, 0.1) is 0 Å². The minimum Gasteiger partial charge on any atom is -0.275 e. The summed E-state index contributed by atoms with van der Waals surface area (Å²) in [6, 6.07) is 0. The van der Waals surface area contributed by atoms with Crippen molar-refractivity contribution in [2.75, 3.05) is 6.16 Å². The highest BCUT2D eigenvalue weighted by molar-refractivity contribution is 7.23. The van der Waals surface area contributed by atoms with Gasteiger partial charge in [0.15, 0.2) is 8.46 Å². The van der Waals surface area contributed by atoms with E-state index in [1.165, 1.54) is 0 Å². The minimum atomic E-state index is 0.137. The van der Waals surface area contributed by atoms with Crippen molar-refractivity contribution in [3.05, 3.63) is 6.92 Å². The van der Waals surface area contributed by atoms with Crippen molar-refractivity contribution in [3.8, 4) is 0 Å².